The zero-order valence-electron chi connectivity index (χ0n) is 9.75. The zero-order chi connectivity index (χ0) is 12.8. The number of amides is 1. The van der Waals surface area contributed by atoms with Crippen molar-refractivity contribution in [2.75, 3.05) is 6.54 Å². The van der Waals surface area contributed by atoms with Crippen LogP contribution in [0.3, 0.4) is 0 Å². The molecule has 17 heavy (non-hydrogen) atoms. The van der Waals surface area contributed by atoms with Crippen LogP contribution < -0.4 is 5.32 Å². The first kappa shape index (κ1) is 13.1. The van der Waals surface area contributed by atoms with E-state index in [4.69, 9.17) is 5.11 Å². The molecule has 0 fully saturated rings. The molecule has 6 heteroatoms. The van der Waals surface area contributed by atoms with E-state index in [2.05, 4.69) is 15.5 Å². The first-order valence-electron chi connectivity index (χ1n) is 5.30. The summed E-state index contributed by atoms with van der Waals surface area (Å²) in [6, 6.07) is 1.52. The first-order valence-corrected chi connectivity index (χ1v) is 5.30. The number of carboxylic acids is 1. The maximum atomic E-state index is 11.6. The lowest BCUT2D eigenvalue weighted by Crippen LogP contribution is -2.35. The average Bonchev–Trinajstić information content (AvgIpc) is 2.29. The van der Waals surface area contributed by atoms with E-state index in [1.165, 1.54) is 18.5 Å². The fourth-order valence-corrected chi connectivity index (χ4v) is 1.34. The van der Waals surface area contributed by atoms with Gasteiger partial charge in [0.15, 0.2) is 0 Å². The van der Waals surface area contributed by atoms with Gasteiger partial charge in [-0.2, -0.15) is 10.2 Å². The smallest absolute Gasteiger partial charge is 0.308 e. The van der Waals surface area contributed by atoms with Gasteiger partial charge in [0.05, 0.1) is 23.9 Å². The van der Waals surface area contributed by atoms with Gasteiger partial charge in [-0.25, -0.2) is 0 Å². The normalized spacial score (nSPS) is 12.2. The molecule has 6 nitrogen and oxygen atoms in total. The molecule has 0 saturated carbocycles. The minimum absolute atomic E-state index is 0.0386. The third-order valence-corrected chi connectivity index (χ3v) is 2.45. The molecule has 0 bridgehead atoms. The number of carbonyl (C=O) groups is 2. The molecule has 1 rings (SSSR count). The van der Waals surface area contributed by atoms with Crippen LogP contribution in [0.15, 0.2) is 18.5 Å². The molecule has 2 N–H and O–H groups in total. The SMILES string of the molecule is CC(C)C(CNC(=O)c1ccnnc1)C(=O)O. The second-order valence-electron chi connectivity index (χ2n) is 4.03. The van der Waals surface area contributed by atoms with Gasteiger partial charge in [0.25, 0.3) is 5.91 Å². The highest BCUT2D eigenvalue weighted by atomic mass is 16.4. The monoisotopic (exact) mass is 237 g/mol. The summed E-state index contributed by atoms with van der Waals surface area (Å²) in [6.45, 7) is 3.71. The van der Waals surface area contributed by atoms with Crippen molar-refractivity contribution in [1.82, 2.24) is 15.5 Å². The molecule has 1 aromatic rings. The summed E-state index contributed by atoms with van der Waals surface area (Å²) in [4.78, 5) is 22.5. The quantitative estimate of drug-likeness (QED) is 0.780. The molecule has 0 spiro atoms. The van der Waals surface area contributed by atoms with Gasteiger partial charge in [0.1, 0.15) is 0 Å². The number of carboxylic acid groups (broad SMARTS) is 1. The Bertz CT molecular complexity index is 392. The Balaban J connectivity index is 2.56. The van der Waals surface area contributed by atoms with Crippen LogP contribution in [0, 0.1) is 11.8 Å². The fraction of sp³-hybridized carbons (Fsp3) is 0.455. The topological polar surface area (TPSA) is 92.2 Å². The summed E-state index contributed by atoms with van der Waals surface area (Å²) < 4.78 is 0. The molecule has 1 amide bonds. The molecule has 1 atom stereocenters. The number of aromatic nitrogens is 2. The Hall–Kier alpha value is -1.98. The minimum atomic E-state index is -0.909. The van der Waals surface area contributed by atoms with Crippen LogP contribution in [-0.2, 0) is 4.79 Å². The highest BCUT2D eigenvalue weighted by Gasteiger charge is 2.22. The van der Waals surface area contributed by atoms with Gasteiger partial charge in [0, 0.05) is 6.54 Å². The average molecular weight is 237 g/mol. The van der Waals surface area contributed by atoms with Crippen molar-refractivity contribution in [2.24, 2.45) is 11.8 Å². The van der Waals surface area contributed by atoms with Crippen molar-refractivity contribution in [3.63, 3.8) is 0 Å². The predicted octanol–water partition coefficient (Wildman–Crippen LogP) is 0.563. The molecule has 1 heterocycles. The number of hydrogen-bond donors (Lipinski definition) is 2. The van der Waals surface area contributed by atoms with E-state index in [1.54, 1.807) is 13.8 Å². The number of rotatable bonds is 5. The Morgan fingerprint density at radius 3 is 2.59 bits per heavy atom. The highest BCUT2D eigenvalue weighted by molar-refractivity contribution is 5.93. The molecule has 0 radical (unpaired) electrons. The Labute approximate surface area is 99.1 Å². The van der Waals surface area contributed by atoms with Gasteiger partial charge < -0.3 is 10.4 Å². The molecule has 0 aliphatic rings. The largest absolute Gasteiger partial charge is 0.481 e. The van der Waals surface area contributed by atoms with Crippen molar-refractivity contribution < 1.29 is 14.7 Å². The van der Waals surface area contributed by atoms with E-state index in [9.17, 15) is 9.59 Å². The van der Waals surface area contributed by atoms with Crippen LogP contribution >= 0.6 is 0 Å². The van der Waals surface area contributed by atoms with Crippen molar-refractivity contribution in [3.8, 4) is 0 Å². The number of carbonyl (C=O) groups excluding carboxylic acids is 1. The number of nitrogens with zero attached hydrogens (tertiary/aromatic N) is 2. The van der Waals surface area contributed by atoms with Gasteiger partial charge in [-0.3, -0.25) is 9.59 Å². The first-order chi connectivity index (χ1) is 8.02. The lowest BCUT2D eigenvalue weighted by Gasteiger charge is -2.16. The molecule has 0 saturated heterocycles. The van der Waals surface area contributed by atoms with E-state index in [0.717, 1.165) is 0 Å². The molecule has 0 aliphatic carbocycles. The molecule has 0 aromatic carbocycles. The zero-order valence-corrected chi connectivity index (χ0v) is 9.75. The van der Waals surface area contributed by atoms with Crippen LogP contribution in [0.5, 0.6) is 0 Å². The van der Waals surface area contributed by atoms with E-state index < -0.39 is 11.9 Å². The second kappa shape index (κ2) is 5.93. The van der Waals surface area contributed by atoms with Crippen LogP contribution in [0.2, 0.25) is 0 Å². The number of hydrogen-bond acceptors (Lipinski definition) is 4. The molecule has 1 unspecified atom stereocenters. The van der Waals surface area contributed by atoms with E-state index in [-0.39, 0.29) is 18.4 Å². The van der Waals surface area contributed by atoms with Crippen LogP contribution in [-0.4, -0.2) is 33.7 Å². The lowest BCUT2D eigenvalue weighted by molar-refractivity contribution is -0.142. The molecule has 1 aromatic heterocycles. The van der Waals surface area contributed by atoms with E-state index in [0.29, 0.717) is 5.56 Å². The van der Waals surface area contributed by atoms with Gasteiger partial charge in [-0.05, 0) is 12.0 Å². The van der Waals surface area contributed by atoms with Crippen molar-refractivity contribution >= 4 is 11.9 Å². The fourth-order valence-electron chi connectivity index (χ4n) is 1.34. The lowest BCUT2D eigenvalue weighted by atomic mass is 9.96. The molecule has 92 valence electrons. The van der Waals surface area contributed by atoms with E-state index >= 15 is 0 Å². The molecule has 0 aliphatic heterocycles. The highest BCUT2D eigenvalue weighted by Crippen LogP contribution is 2.09. The third-order valence-electron chi connectivity index (χ3n) is 2.45. The van der Waals surface area contributed by atoms with Gasteiger partial charge in [0.2, 0.25) is 0 Å². The number of aliphatic carboxylic acids is 1. The van der Waals surface area contributed by atoms with Crippen LogP contribution in [0.4, 0.5) is 0 Å². The standard InChI is InChI=1S/C11H15N3O3/c1-7(2)9(11(16)17)6-12-10(15)8-3-4-13-14-5-8/h3-5,7,9H,6H2,1-2H3,(H,12,15)(H,16,17). The van der Waals surface area contributed by atoms with Crippen molar-refractivity contribution in [2.45, 2.75) is 13.8 Å². The summed E-state index contributed by atoms with van der Waals surface area (Å²) in [6.07, 6.45) is 2.74. The summed E-state index contributed by atoms with van der Waals surface area (Å²) in [7, 11) is 0. The van der Waals surface area contributed by atoms with Gasteiger partial charge in [-0.1, -0.05) is 13.8 Å². The van der Waals surface area contributed by atoms with E-state index in [1.807, 2.05) is 0 Å². The maximum Gasteiger partial charge on any atom is 0.308 e. The third kappa shape index (κ3) is 3.82. The van der Waals surface area contributed by atoms with Gasteiger partial charge >= 0.3 is 5.97 Å². The van der Waals surface area contributed by atoms with Crippen LogP contribution in [0.25, 0.3) is 0 Å². The van der Waals surface area contributed by atoms with Crippen LogP contribution in [0.1, 0.15) is 24.2 Å². The second-order valence-corrected chi connectivity index (χ2v) is 4.03. The Morgan fingerprint density at radius 2 is 2.12 bits per heavy atom. The Kier molecular flexibility index (Phi) is 4.56. The van der Waals surface area contributed by atoms with Crippen molar-refractivity contribution in [1.29, 1.82) is 0 Å². The van der Waals surface area contributed by atoms with Gasteiger partial charge in [-0.15, -0.1) is 0 Å². The predicted molar refractivity (Wildman–Crippen MR) is 60.3 cm³/mol. The summed E-state index contributed by atoms with van der Waals surface area (Å²) in [5.74, 6) is -1.88. The molecular formula is C11H15N3O3. The summed E-state index contributed by atoms with van der Waals surface area (Å²) in [5.41, 5.74) is 0.368. The summed E-state index contributed by atoms with van der Waals surface area (Å²) in [5, 5.41) is 18.7. The Morgan fingerprint density at radius 1 is 1.41 bits per heavy atom. The molecular weight excluding hydrogens is 222 g/mol. The number of nitrogens with one attached hydrogen (secondary N) is 1. The summed E-state index contributed by atoms with van der Waals surface area (Å²) >= 11 is 0. The minimum Gasteiger partial charge on any atom is -0.481 e. The maximum absolute atomic E-state index is 11.6. The van der Waals surface area contributed by atoms with Crippen molar-refractivity contribution in [3.05, 3.63) is 24.0 Å².